The molecule has 32 heavy (non-hydrogen) atoms. The van der Waals surface area contributed by atoms with Gasteiger partial charge in [-0.2, -0.15) is 0 Å². The third-order valence-electron chi connectivity index (χ3n) is 5.24. The van der Waals surface area contributed by atoms with Crippen LogP contribution in [0.1, 0.15) is 44.4 Å². The summed E-state index contributed by atoms with van der Waals surface area (Å²) in [6.07, 6.45) is 0. The van der Waals surface area contributed by atoms with Crippen molar-refractivity contribution in [3.05, 3.63) is 53.1 Å². The molecule has 3 aromatic carbocycles. The third kappa shape index (κ3) is 4.41. The fourth-order valence-corrected chi connectivity index (χ4v) is 3.67. The van der Waals surface area contributed by atoms with E-state index in [-0.39, 0.29) is 18.6 Å². The molecule has 2 heterocycles. The van der Waals surface area contributed by atoms with Crippen molar-refractivity contribution >= 4 is 50.1 Å². The van der Waals surface area contributed by atoms with E-state index >= 15 is 0 Å². The van der Waals surface area contributed by atoms with Crippen LogP contribution in [-0.4, -0.2) is 17.0 Å². The molecule has 2 aromatic heterocycles. The molecule has 0 unspecified atom stereocenters. The SMILES string of the molecule is CC.CC.CNc1ccc2[nH]c3c(C)c4oc5cc(C)ccc5[nH]c4c(C)c3oc2c1.[V]. The maximum absolute atomic E-state index is 6.31. The van der Waals surface area contributed by atoms with Crippen molar-refractivity contribution < 1.29 is 27.4 Å². The molecule has 3 N–H and O–H groups in total. The number of hydrogen-bond donors (Lipinski definition) is 3. The van der Waals surface area contributed by atoms with Gasteiger partial charge in [0.1, 0.15) is 0 Å². The van der Waals surface area contributed by atoms with Crippen LogP contribution < -0.4 is 5.32 Å². The maximum atomic E-state index is 6.31. The molecule has 0 bridgehead atoms. The van der Waals surface area contributed by atoms with Crippen LogP contribution in [0.25, 0.3) is 44.4 Å². The summed E-state index contributed by atoms with van der Waals surface area (Å²) in [5.41, 5.74) is 11.4. The Labute approximate surface area is 201 Å². The van der Waals surface area contributed by atoms with Gasteiger partial charge < -0.3 is 24.1 Å². The summed E-state index contributed by atoms with van der Waals surface area (Å²) in [4.78, 5) is 7.05. The van der Waals surface area contributed by atoms with E-state index in [1.54, 1.807) is 0 Å². The first kappa shape index (κ1) is 25.5. The van der Waals surface area contributed by atoms with E-state index < -0.39 is 0 Å². The minimum atomic E-state index is 0. The van der Waals surface area contributed by atoms with Gasteiger partial charge in [0.25, 0.3) is 0 Å². The van der Waals surface area contributed by atoms with Crippen LogP contribution >= 0.6 is 0 Å². The van der Waals surface area contributed by atoms with Crippen LogP contribution in [0.3, 0.4) is 0 Å². The van der Waals surface area contributed by atoms with E-state index in [2.05, 4.69) is 54.3 Å². The molecule has 0 atom stereocenters. The fraction of sp³-hybridized carbons (Fsp3) is 0.308. The van der Waals surface area contributed by atoms with Crippen molar-refractivity contribution in [1.82, 2.24) is 9.97 Å². The minimum absolute atomic E-state index is 0. The molecule has 0 saturated heterocycles. The Morgan fingerprint density at radius 3 is 1.66 bits per heavy atom. The van der Waals surface area contributed by atoms with E-state index in [4.69, 9.17) is 8.83 Å². The zero-order valence-corrected chi connectivity index (χ0v) is 21.6. The zero-order chi connectivity index (χ0) is 22.7. The summed E-state index contributed by atoms with van der Waals surface area (Å²) in [5.74, 6) is 0. The van der Waals surface area contributed by atoms with Crippen molar-refractivity contribution in [3.63, 3.8) is 0 Å². The van der Waals surface area contributed by atoms with Crippen molar-refractivity contribution in [2.24, 2.45) is 0 Å². The monoisotopic (exact) mass is 470 g/mol. The first-order chi connectivity index (χ1) is 15.0. The number of nitrogens with one attached hydrogen (secondary N) is 3. The topological polar surface area (TPSA) is 69.9 Å². The van der Waals surface area contributed by atoms with Gasteiger partial charge >= 0.3 is 0 Å². The van der Waals surface area contributed by atoms with Gasteiger partial charge in [0.2, 0.25) is 0 Å². The van der Waals surface area contributed by atoms with Crippen LogP contribution in [0, 0.1) is 20.8 Å². The summed E-state index contributed by atoms with van der Waals surface area (Å²) in [6.45, 7) is 14.2. The molecule has 0 aliphatic heterocycles. The van der Waals surface area contributed by atoms with Gasteiger partial charge in [0.15, 0.2) is 22.3 Å². The molecule has 1 radical (unpaired) electrons. The molecule has 6 heteroatoms. The molecular weight excluding hydrogens is 437 g/mol. The summed E-state index contributed by atoms with van der Waals surface area (Å²) >= 11 is 0. The number of aromatic nitrogens is 2. The Bertz CT molecular complexity index is 1400. The molecular formula is C26H33N3O2V. The molecule has 5 aromatic rings. The Hall–Kier alpha value is -2.76. The summed E-state index contributed by atoms with van der Waals surface area (Å²) in [7, 11) is 1.90. The van der Waals surface area contributed by atoms with E-state index in [9.17, 15) is 0 Å². The second-order valence-corrected chi connectivity index (χ2v) is 7.07. The number of benzene rings is 3. The number of H-pyrrole nitrogens is 2. The van der Waals surface area contributed by atoms with Crippen LogP contribution in [0.15, 0.2) is 45.2 Å². The van der Waals surface area contributed by atoms with Crippen LogP contribution in [0.4, 0.5) is 5.69 Å². The number of aromatic amines is 2. The molecule has 169 valence electrons. The number of aryl methyl sites for hydroxylation is 3. The number of rotatable bonds is 1. The van der Waals surface area contributed by atoms with Crippen LogP contribution in [0.5, 0.6) is 0 Å². The zero-order valence-electron chi connectivity index (χ0n) is 20.2. The average Bonchev–Trinajstić information content (AvgIpc) is 2.82. The predicted molar refractivity (Wildman–Crippen MR) is 134 cm³/mol. The minimum Gasteiger partial charge on any atom is -0.453 e. The van der Waals surface area contributed by atoms with E-state index in [1.165, 1.54) is 5.56 Å². The van der Waals surface area contributed by atoms with Gasteiger partial charge in [-0.25, -0.2) is 0 Å². The molecule has 0 aliphatic rings. The normalized spacial score (nSPS) is 10.2. The Morgan fingerprint density at radius 2 is 1.16 bits per heavy atom. The average molecular weight is 471 g/mol. The third-order valence-corrected chi connectivity index (χ3v) is 5.24. The quantitative estimate of drug-likeness (QED) is 0.216. The standard InChI is InChI=1S/C22H21N3O2.2C2H6.V/c1-11-5-7-15-17(9-11)26-21-12(2)20-22(13(3)19(21)24-15)27-18-10-14(23-4)6-8-16(18)25-20;2*1-2;/h5-10,23-25H,1-4H3;2*1-2H3;. The molecule has 0 aliphatic carbocycles. The van der Waals surface area contributed by atoms with Gasteiger partial charge in [-0.1, -0.05) is 33.8 Å². The molecule has 0 spiro atoms. The second kappa shape index (κ2) is 10.7. The van der Waals surface area contributed by atoms with Crippen LogP contribution in [-0.2, 0) is 18.6 Å². The summed E-state index contributed by atoms with van der Waals surface area (Å²) < 4.78 is 12.6. The van der Waals surface area contributed by atoms with E-state index in [0.717, 1.165) is 61.2 Å². The van der Waals surface area contributed by atoms with Gasteiger partial charge in [0, 0.05) is 48.5 Å². The number of hydrogen-bond acceptors (Lipinski definition) is 3. The molecule has 0 fully saturated rings. The van der Waals surface area contributed by atoms with Crippen LogP contribution in [0.2, 0.25) is 0 Å². The number of fused-ring (bicyclic) bond motifs is 4. The first-order valence-corrected chi connectivity index (χ1v) is 11.0. The first-order valence-electron chi connectivity index (χ1n) is 11.0. The van der Waals surface area contributed by atoms with Gasteiger partial charge in [-0.05, 0) is 50.6 Å². The Morgan fingerprint density at radius 1 is 0.688 bits per heavy atom. The largest absolute Gasteiger partial charge is 0.453 e. The van der Waals surface area contributed by atoms with Crippen molar-refractivity contribution in [2.45, 2.75) is 48.5 Å². The van der Waals surface area contributed by atoms with Gasteiger partial charge in [-0.15, -0.1) is 0 Å². The molecule has 5 rings (SSSR count). The summed E-state index contributed by atoms with van der Waals surface area (Å²) in [6, 6.07) is 12.2. The maximum Gasteiger partial charge on any atom is 0.156 e. The van der Waals surface area contributed by atoms with Crippen molar-refractivity contribution in [1.29, 1.82) is 0 Å². The fourth-order valence-electron chi connectivity index (χ4n) is 3.67. The van der Waals surface area contributed by atoms with E-state index in [0.29, 0.717) is 0 Å². The molecule has 5 nitrogen and oxygen atoms in total. The van der Waals surface area contributed by atoms with Crippen molar-refractivity contribution in [2.75, 3.05) is 12.4 Å². The second-order valence-electron chi connectivity index (χ2n) is 7.07. The number of anilines is 1. The van der Waals surface area contributed by atoms with E-state index in [1.807, 2.05) is 52.9 Å². The molecule has 0 amide bonds. The summed E-state index contributed by atoms with van der Waals surface area (Å²) in [5, 5.41) is 3.15. The van der Waals surface area contributed by atoms with Gasteiger partial charge in [-0.3, -0.25) is 0 Å². The smallest absolute Gasteiger partial charge is 0.156 e. The Balaban J connectivity index is 0.000000689. The predicted octanol–water partition coefficient (Wildman–Crippen LogP) is 8.28. The Kier molecular flexibility index (Phi) is 8.54. The molecule has 0 saturated carbocycles. The van der Waals surface area contributed by atoms with Crippen molar-refractivity contribution in [3.8, 4) is 0 Å². The van der Waals surface area contributed by atoms with Gasteiger partial charge in [0.05, 0.1) is 22.1 Å².